The second-order valence-corrected chi connectivity index (χ2v) is 3.24. The first-order valence-corrected chi connectivity index (χ1v) is 4.40. The summed E-state index contributed by atoms with van der Waals surface area (Å²) < 4.78 is 18.1. The Kier molecular flexibility index (Phi) is 3.32. The summed E-state index contributed by atoms with van der Waals surface area (Å²) in [6.45, 7) is 1.65. The van der Waals surface area contributed by atoms with Crippen LogP contribution >= 0.6 is 11.6 Å². The number of hydrogen-bond donors (Lipinski definition) is 0. The molecule has 0 fully saturated rings. The van der Waals surface area contributed by atoms with E-state index in [1.54, 1.807) is 13.0 Å². The van der Waals surface area contributed by atoms with Crippen molar-refractivity contribution in [2.75, 3.05) is 7.11 Å². The van der Waals surface area contributed by atoms with Crippen molar-refractivity contribution in [1.82, 2.24) is 0 Å². The molecule has 0 spiro atoms. The number of ether oxygens (including phenoxy) is 1. The van der Waals surface area contributed by atoms with E-state index in [4.69, 9.17) is 21.6 Å². The Balaban J connectivity index is 3.28. The lowest BCUT2D eigenvalue weighted by molar-refractivity contribution is 0.410. The fourth-order valence-electron chi connectivity index (χ4n) is 1.09. The van der Waals surface area contributed by atoms with Crippen LogP contribution in [0.3, 0.4) is 0 Å². The van der Waals surface area contributed by atoms with Gasteiger partial charge < -0.3 is 4.74 Å². The van der Waals surface area contributed by atoms with Crippen molar-refractivity contribution in [1.29, 1.82) is 5.26 Å². The number of methoxy groups -OCH3 is 1. The van der Waals surface area contributed by atoms with Gasteiger partial charge in [-0.3, -0.25) is 0 Å². The van der Waals surface area contributed by atoms with Crippen molar-refractivity contribution in [2.45, 2.75) is 12.8 Å². The van der Waals surface area contributed by atoms with Gasteiger partial charge in [0.1, 0.15) is 11.6 Å². The van der Waals surface area contributed by atoms with Gasteiger partial charge in [-0.2, -0.15) is 5.26 Å². The third-order valence-corrected chi connectivity index (χ3v) is 2.32. The lowest BCUT2D eigenvalue weighted by atomic mass is 10.0. The van der Waals surface area contributed by atoms with Crippen molar-refractivity contribution in [3.05, 3.63) is 28.5 Å². The minimum absolute atomic E-state index is 0.0140. The average Bonchev–Trinajstić information content (AvgIpc) is 2.20. The lowest BCUT2D eigenvalue weighted by Gasteiger charge is -2.09. The van der Waals surface area contributed by atoms with E-state index >= 15 is 0 Å². The van der Waals surface area contributed by atoms with Gasteiger partial charge in [0.25, 0.3) is 0 Å². The van der Waals surface area contributed by atoms with Crippen molar-refractivity contribution in [3.8, 4) is 11.8 Å². The predicted molar refractivity (Wildman–Crippen MR) is 52.0 cm³/mol. The molecule has 2 nitrogen and oxygen atoms in total. The first-order chi connectivity index (χ1) is 6.60. The van der Waals surface area contributed by atoms with Crippen molar-refractivity contribution < 1.29 is 9.13 Å². The number of halogens is 2. The topological polar surface area (TPSA) is 33.0 Å². The largest absolute Gasteiger partial charge is 0.497 e. The summed E-state index contributed by atoms with van der Waals surface area (Å²) in [5, 5.41) is 8.68. The van der Waals surface area contributed by atoms with Gasteiger partial charge in [-0.25, -0.2) is 4.39 Å². The molecule has 0 radical (unpaired) electrons. The predicted octanol–water partition coefficient (Wildman–Crippen LogP) is 3.11. The van der Waals surface area contributed by atoms with Crippen LogP contribution in [-0.4, -0.2) is 7.11 Å². The minimum atomic E-state index is -0.567. The van der Waals surface area contributed by atoms with Gasteiger partial charge in [-0.1, -0.05) is 11.6 Å². The highest BCUT2D eigenvalue weighted by molar-refractivity contribution is 6.31. The van der Waals surface area contributed by atoms with E-state index in [-0.39, 0.29) is 5.02 Å². The number of benzene rings is 1. The second kappa shape index (κ2) is 4.30. The fraction of sp³-hybridized carbons (Fsp3) is 0.300. The number of rotatable bonds is 2. The number of nitrogens with zero attached hydrogens (tertiary/aromatic N) is 1. The molecule has 0 saturated carbocycles. The summed E-state index contributed by atoms with van der Waals surface area (Å²) in [4.78, 5) is 0. The molecule has 1 aromatic rings. The summed E-state index contributed by atoms with van der Waals surface area (Å²) >= 11 is 5.71. The Morgan fingerprint density at radius 1 is 1.57 bits per heavy atom. The number of hydrogen-bond acceptors (Lipinski definition) is 2. The Morgan fingerprint density at radius 2 is 2.21 bits per heavy atom. The summed E-state index contributed by atoms with van der Waals surface area (Å²) in [5.74, 6) is -0.654. The highest BCUT2D eigenvalue weighted by atomic mass is 35.5. The van der Waals surface area contributed by atoms with E-state index in [1.165, 1.54) is 13.2 Å². The molecule has 0 saturated heterocycles. The zero-order valence-corrected chi connectivity index (χ0v) is 8.60. The van der Waals surface area contributed by atoms with Crippen LogP contribution in [0.5, 0.6) is 5.75 Å². The van der Waals surface area contributed by atoms with Gasteiger partial charge in [0.05, 0.1) is 24.1 Å². The molecular weight excluding hydrogens is 205 g/mol. The maximum Gasteiger partial charge on any atom is 0.145 e. The molecule has 0 amide bonds. The Morgan fingerprint density at radius 3 is 2.71 bits per heavy atom. The van der Waals surface area contributed by atoms with Crippen LogP contribution in [-0.2, 0) is 0 Å². The molecule has 0 heterocycles. The molecule has 14 heavy (non-hydrogen) atoms. The van der Waals surface area contributed by atoms with Gasteiger partial charge in [0.2, 0.25) is 0 Å². The molecular formula is C10H9ClFNO. The van der Waals surface area contributed by atoms with E-state index in [0.29, 0.717) is 11.3 Å². The first-order valence-electron chi connectivity index (χ1n) is 4.02. The highest BCUT2D eigenvalue weighted by Crippen LogP contribution is 2.30. The molecule has 0 N–H and O–H groups in total. The Labute approximate surface area is 86.9 Å². The van der Waals surface area contributed by atoms with Crippen LogP contribution in [0.1, 0.15) is 18.4 Å². The van der Waals surface area contributed by atoms with Crippen molar-refractivity contribution in [2.24, 2.45) is 0 Å². The van der Waals surface area contributed by atoms with Crippen LogP contribution in [0.2, 0.25) is 5.02 Å². The zero-order valence-electron chi connectivity index (χ0n) is 7.84. The molecule has 1 aromatic carbocycles. The molecule has 0 aliphatic heterocycles. The molecule has 4 heteroatoms. The standard InChI is InChI=1S/C10H9ClFNO/c1-6(5-13)8-3-7(14-2)4-9(12)10(8)11/h3-4,6H,1-2H3. The summed E-state index contributed by atoms with van der Waals surface area (Å²) in [6, 6.07) is 4.75. The van der Waals surface area contributed by atoms with Gasteiger partial charge in [-0.15, -0.1) is 0 Å². The van der Waals surface area contributed by atoms with Crippen LogP contribution in [0.25, 0.3) is 0 Å². The van der Waals surface area contributed by atoms with Gasteiger partial charge in [0, 0.05) is 6.07 Å². The second-order valence-electron chi connectivity index (χ2n) is 2.86. The molecule has 0 aromatic heterocycles. The van der Waals surface area contributed by atoms with E-state index in [2.05, 4.69) is 0 Å². The number of nitriles is 1. The Bertz CT molecular complexity index is 386. The SMILES string of the molecule is COc1cc(F)c(Cl)c(C(C)C#N)c1. The Hall–Kier alpha value is -1.27. The van der Waals surface area contributed by atoms with Crippen molar-refractivity contribution in [3.63, 3.8) is 0 Å². The van der Waals surface area contributed by atoms with E-state index in [1.807, 2.05) is 6.07 Å². The smallest absolute Gasteiger partial charge is 0.145 e. The fourth-order valence-corrected chi connectivity index (χ4v) is 1.36. The van der Waals surface area contributed by atoms with E-state index in [9.17, 15) is 4.39 Å². The molecule has 0 aliphatic rings. The maximum absolute atomic E-state index is 13.2. The third-order valence-electron chi connectivity index (χ3n) is 1.93. The van der Waals surface area contributed by atoms with Crippen LogP contribution < -0.4 is 4.74 Å². The summed E-state index contributed by atoms with van der Waals surface area (Å²) in [6.07, 6.45) is 0. The quantitative estimate of drug-likeness (QED) is 0.756. The van der Waals surface area contributed by atoms with Crippen molar-refractivity contribution >= 4 is 11.6 Å². The minimum Gasteiger partial charge on any atom is -0.497 e. The highest BCUT2D eigenvalue weighted by Gasteiger charge is 2.14. The van der Waals surface area contributed by atoms with Gasteiger partial charge >= 0.3 is 0 Å². The molecule has 1 unspecified atom stereocenters. The van der Waals surface area contributed by atoms with Crippen LogP contribution in [0, 0.1) is 17.1 Å². The van der Waals surface area contributed by atoms with E-state index < -0.39 is 11.7 Å². The molecule has 0 aliphatic carbocycles. The van der Waals surface area contributed by atoms with Crippen LogP contribution in [0.15, 0.2) is 12.1 Å². The lowest BCUT2D eigenvalue weighted by Crippen LogP contribution is -1.95. The third kappa shape index (κ3) is 1.97. The van der Waals surface area contributed by atoms with Gasteiger partial charge in [-0.05, 0) is 18.6 Å². The summed E-state index contributed by atoms with van der Waals surface area (Å²) in [7, 11) is 1.43. The zero-order chi connectivity index (χ0) is 10.7. The normalized spacial score (nSPS) is 11.9. The molecule has 74 valence electrons. The monoisotopic (exact) mass is 213 g/mol. The molecule has 1 rings (SSSR count). The average molecular weight is 214 g/mol. The molecule has 1 atom stereocenters. The first kappa shape index (κ1) is 10.8. The van der Waals surface area contributed by atoms with E-state index in [0.717, 1.165) is 0 Å². The maximum atomic E-state index is 13.2. The summed E-state index contributed by atoms with van der Waals surface area (Å²) in [5.41, 5.74) is 0.450. The van der Waals surface area contributed by atoms with Crippen LogP contribution in [0.4, 0.5) is 4.39 Å². The van der Waals surface area contributed by atoms with Gasteiger partial charge in [0.15, 0.2) is 0 Å². The molecule has 0 bridgehead atoms.